The van der Waals surface area contributed by atoms with Crippen molar-refractivity contribution in [3.05, 3.63) is 53.8 Å². The summed E-state index contributed by atoms with van der Waals surface area (Å²) in [6.45, 7) is 0. The van der Waals surface area contributed by atoms with Gasteiger partial charge in [-0.15, -0.1) is 13.2 Å². The van der Waals surface area contributed by atoms with Crippen LogP contribution in [0.15, 0.2) is 42.5 Å². The normalized spacial score (nSPS) is 11.0. The highest BCUT2D eigenvalue weighted by Gasteiger charge is 2.31. The fourth-order valence-electron chi connectivity index (χ4n) is 1.97. The van der Waals surface area contributed by atoms with Crippen LogP contribution in [-0.2, 0) is 6.42 Å². The average molecular weight is 295 g/mol. The first kappa shape index (κ1) is 14.9. The molecule has 0 radical (unpaired) electrons. The fraction of sp³-hybridized carbons (Fsp3) is 0.133. The van der Waals surface area contributed by atoms with Gasteiger partial charge in [-0.05, 0) is 29.3 Å². The molecule has 2 rings (SSSR count). The molecule has 0 amide bonds. The second-order valence-corrected chi connectivity index (χ2v) is 4.18. The van der Waals surface area contributed by atoms with Crippen LogP contribution in [0.3, 0.4) is 0 Å². The number of benzene rings is 2. The molecule has 108 valence electrons. The maximum atomic E-state index is 14.0. The van der Waals surface area contributed by atoms with Crippen LogP contribution in [0.2, 0.25) is 0 Å². The molecule has 6 heteroatoms. The maximum Gasteiger partial charge on any atom is 0.573 e. The van der Waals surface area contributed by atoms with Gasteiger partial charge in [-0.3, -0.25) is 0 Å². The molecule has 0 aliphatic heterocycles. The van der Waals surface area contributed by atoms with Gasteiger partial charge in [-0.1, -0.05) is 24.3 Å². The molecule has 0 unspecified atom stereocenters. The van der Waals surface area contributed by atoms with Gasteiger partial charge in [0.1, 0.15) is 11.6 Å². The first-order valence-electron chi connectivity index (χ1n) is 5.91. The number of rotatable bonds is 3. The van der Waals surface area contributed by atoms with E-state index in [1.807, 2.05) is 6.07 Å². The van der Waals surface area contributed by atoms with Gasteiger partial charge in [0.2, 0.25) is 0 Å². The molecule has 0 heterocycles. The minimum Gasteiger partial charge on any atom is -0.406 e. The van der Waals surface area contributed by atoms with Gasteiger partial charge in [0.15, 0.2) is 0 Å². The summed E-state index contributed by atoms with van der Waals surface area (Å²) in [6, 6.07) is 11.1. The monoisotopic (exact) mass is 295 g/mol. The summed E-state index contributed by atoms with van der Waals surface area (Å²) in [6.07, 6.45) is -4.86. The molecule has 2 nitrogen and oxygen atoms in total. The summed E-state index contributed by atoms with van der Waals surface area (Å²) in [5, 5.41) is 8.74. The molecule has 21 heavy (non-hydrogen) atoms. The highest BCUT2D eigenvalue weighted by molar-refractivity contribution is 5.69. The van der Waals surface area contributed by atoms with E-state index in [4.69, 9.17) is 5.26 Å². The van der Waals surface area contributed by atoms with Crippen LogP contribution in [0, 0.1) is 17.1 Å². The number of alkyl halides is 3. The molecule has 0 bridgehead atoms. The Morgan fingerprint density at radius 2 is 1.81 bits per heavy atom. The van der Waals surface area contributed by atoms with Crippen LogP contribution >= 0.6 is 0 Å². The Morgan fingerprint density at radius 3 is 2.48 bits per heavy atom. The van der Waals surface area contributed by atoms with Crippen LogP contribution in [-0.4, -0.2) is 6.36 Å². The molecule has 0 atom stereocenters. The van der Waals surface area contributed by atoms with Crippen LogP contribution in [0.1, 0.15) is 5.56 Å². The second-order valence-electron chi connectivity index (χ2n) is 4.18. The van der Waals surface area contributed by atoms with E-state index in [1.165, 1.54) is 24.3 Å². The van der Waals surface area contributed by atoms with Gasteiger partial charge in [-0.25, -0.2) is 4.39 Å². The third kappa shape index (κ3) is 3.72. The largest absolute Gasteiger partial charge is 0.573 e. The first-order chi connectivity index (χ1) is 9.90. The standard InChI is InChI=1S/C15H9F4NO/c16-13-6-2-3-10(7-8-20)14(13)11-4-1-5-12(9-11)21-15(17,18)19/h1-6,9H,7H2. The average Bonchev–Trinajstić information content (AvgIpc) is 2.37. The summed E-state index contributed by atoms with van der Waals surface area (Å²) >= 11 is 0. The van der Waals surface area contributed by atoms with Gasteiger partial charge >= 0.3 is 6.36 Å². The third-order valence-electron chi connectivity index (χ3n) is 2.73. The van der Waals surface area contributed by atoms with Crippen molar-refractivity contribution in [3.63, 3.8) is 0 Å². The Balaban J connectivity index is 2.48. The third-order valence-corrected chi connectivity index (χ3v) is 2.73. The van der Waals surface area contributed by atoms with Crippen LogP contribution in [0.5, 0.6) is 5.75 Å². The molecule has 0 aliphatic carbocycles. The van der Waals surface area contributed by atoms with Crippen molar-refractivity contribution in [2.45, 2.75) is 12.8 Å². The molecule has 0 spiro atoms. The fourth-order valence-corrected chi connectivity index (χ4v) is 1.97. The summed E-state index contributed by atoms with van der Waals surface area (Å²) < 4.78 is 54.4. The highest BCUT2D eigenvalue weighted by atomic mass is 19.4. The molecular weight excluding hydrogens is 286 g/mol. The van der Waals surface area contributed by atoms with Gasteiger partial charge in [0, 0.05) is 5.56 Å². The molecule has 2 aromatic carbocycles. The summed E-state index contributed by atoms with van der Waals surface area (Å²) in [5.41, 5.74) is 0.730. The number of hydrogen-bond acceptors (Lipinski definition) is 2. The quantitative estimate of drug-likeness (QED) is 0.783. The van der Waals surface area contributed by atoms with Crippen molar-refractivity contribution < 1.29 is 22.3 Å². The number of nitrogens with zero attached hydrogens (tertiary/aromatic N) is 1. The highest BCUT2D eigenvalue weighted by Crippen LogP contribution is 2.31. The molecule has 0 aliphatic rings. The van der Waals surface area contributed by atoms with Crippen LogP contribution in [0.4, 0.5) is 17.6 Å². The smallest absolute Gasteiger partial charge is 0.406 e. The Bertz CT molecular complexity index is 689. The molecule has 2 aromatic rings. The molecule has 0 aromatic heterocycles. The van der Waals surface area contributed by atoms with Gasteiger partial charge in [-0.2, -0.15) is 5.26 Å². The lowest BCUT2D eigenvalue weighted by Crippen LogP contribution is -2.17. The Labute approximate surface area is 118 Å². The summed E-state index contributed by atoms with van der Waals surface area (Å²) in [5.74, 6) is -1.04. The van der Waals surface area contributed by atoms with Gasteiger partial charge in [0.05, 0.1) is 12.5 Å². The molecule has 0 fully saturated rings. The molecule has 0 saturated carbocycles. The van der Waals surface area contributed by atoms with E-state index < -0.39 is 17.9 Å². The predicted molar refractivity (Wildman–Crippen MR) is 67.8 cm³/mol. The zero-order chi connectivity index (χ0) is 15.5. The Morgan fingerprint density at radius 1 is 1.10 bits per heavy atom. The topological polar surface area (TPSA) is 33.0 Å². The van der Waals surface area contributed by atoms with E-state index in [2.05, 4.69) is 4.74 Å². The first-order valence-corrected chi connectivity index (χ1v) is 5.91. The van der Waals surface area contributed by atoms with Crippen LogP contribution in [0.25, 0.3) is 11.1 Å². The summed E-state index contributed by atoms with van der Waals surface area (Å²) in [4.78, 5) is 0. The predicted octanol–water partition coefficient (Wildman–Crippen LogP) is 4.46. The molecule has 0 N–H and O–H groups in total. The minimum absolute atomic E-state index is 0.0442. The van der Waals surface area contributed by atoms with E-state index in [0.29, 0.717) is 5.56 Å². The lowest BCUT2D eigenvalue weighted by molar-refractivity contribution is -0.274. The van der Waals surface area contributed by atoms with E-state index in [0.717, 1.165) is 12.1 Å². The van der Waals surface area contributed by atoms with Crippen molar-refractivity contribution in [2.75, 3.05) is 0 Å². The molecule has 0 saturated heterocycles. The van der Waals surface area contributed by atoms with Crippen molar-refractivity contribution in [3.8, 4) is 22.9 Å². The van der Waals surface area contributed by atoms with Crippen molar-refractivity contribution in [1.29, 1.82) is 5.26 Å². The number of halogens is 4. The number of ether oxygens (including phenoxy) is 1. The Hall–Kier alpha value is -2.55. The van der Waals surface area contributed by atoms with Gasteiger partial charge in [0.25, 0.3) is 0 Å². The van der Waals surface area contributed by atoms with E-state index in [9.17, 15) is 17.6 Å². The van der Waals surface area contributed by atoms with Crippen LogP contribution < -0.4 is 4.74 Å². The Kier molecular flexibility index (Phi) is 4.13. The maximum absolute atomic E-state index is 14.0. The number of nitriles is 1. The van der Waals surface area contributed by atoms with E-state index in [-0.39, 0.29) is 17.5 Å². The van der Waals surface area contributed by atoms with Crippen molar-refractivity contribution >= 4 is 0 Å². The lowest BCUT2D eigenvalue weighted by atomic mass is 9.97. The van der Waals surface area contributed by atoms with E-state index in [1.54, 1.807) is 6.07 Å². The molecular formula is C15H9F4NO. The number of hydrogen-bond donors (Lipinski definition) is 0. The minimum atomic E-state index is -4.82. The van der Waals surface area contributed by atoms with Crippen molar-refractivity contribution in [2.24, 2.45) is 0 Å². The van der Waals surface area contributed by atoms with Crippen molar-refractivity contribution in [1.82, 2.24) is 0 Å². The lowest BCUT2D eigenvalue weighted by Gasteiger charge is -2.12. The van der Waals surface area contributed by atoms with E-state index >= 15 is 0 Å². The zero-order valence-corrected chi connectivity index (χ0v) is 10.6. The summed E-state index contributed by atoms with van der Waals surface area (Å²) in [7, 11) is 0. The zero-order valence-electron chi connectivity index (χ0n) is 10.6. The SMILES string of the molecule is N#CCc1cccc(F)c1-c1cccc(OC(F)(F)F)c1. The van der Waals surface area contributed by atoms with Gasteiger partial charge < -0.3 is 4.74 Å². The second kappa shape index (κ2) is 5.83.